The van der Waals surface area contributed by atoms with Crippen molar-refractivity contribution < 1.29 is 17.6 Å². The molecule has 22 heavy (non-hydrogen) atoms. The summed E-state index contributed by atoms with van der Waals surface area (Å²) < 4.78 is 30.1. The molecule has 1 unspecified atom stereocenters. The van der Waals surface area contributed by atoms with Gasteiger partial charge in [0.2, 0.25) is 0 Å². The van der Waals surface area contributed by atoms with E-state index < -0.39 is 9.84 Å². The zero-order chi connectivity index (χ0) is 15.7. The van der Waals surface area contributed by atoms with Crippen molar-refractivity contribution in [1.29, 1.82) is 0 Å². The highest BCUT2D eigenvalue weighted by molar-refractivity contribution is 7.91. The first-order valence-electron chi connectivity index (χ1n) is 7.12. The average molecular weight is 323 g/mol. The van der Waals surface area contributed by atoms with Gasteiger partial charge >= 0.3 is 0 Å². The Hall–Kier alpha value is -2.09. The van der Waals surface area contributed by atoms with E-state index in [1.165, 1.54) is 0 Å². The maximum atomic E-state index is 12.2. The number of nitrogens with one attached hydrogen (secondary N) is 1. The van der Waals surface area contributed by atoms with Gasteiger partial charge in [-0.1, -0.05) is 6.92 Å². The van der Waals surface area contributed by atoms with E-state index in [0.29, 0.717) is 18.7 Å². The Labute approximate surface area is 128 Å². The van der Waals surface area contributed by atoms with Gasteiger partial charge in [-0.15, -0.1) is 0 Å². The Morgan fingerprint density at radius 3 is 2.91 bits per heavy atom. The maximum Gasteiger partial charge on any atom is 0.292 e. The van der Waals surface area contributed by atoms with E-state index >= 15 is 0 Å². The summed E-state index contributed by atoms with van der Waals surface area (Å²) in [5.41, 5.74) is 0. The molecule has 1 N–H and O–H groups in total. The molecule has 7 nitrogen and oxygen atoms in total. The van der Waals surface area contributed by atoms with Crippen molar-refractivity contribution in [3.05, 3.63) is 35.9 Å². The van der Waals surface area contributed by atoms with Crippen molar-refractivity contribution in [2.24, 2.45) is 0 Å². The van der Waals surface area contributed by atoms with Crippen LogP contribution in [0.5, 0.6) is 0 Å². The number of hydrogen-bond acceptors (Lipinski definition) is 5. The number of nitrogens with zero attached hydrogens (tertiary/aromatic N) is 2. The number of furan rings is 1. The number of carbonyl (C=O) groups excluding carboxylic acids is 1. The number of amides is 1. The molecular weight excluding hydrogens is 306 g/mol. The van der Waals surface area contributed by atoms with Crippen LogP contribution in [0.25, 0.3) is 0 Å². The van der Waals surface area contributed by atoms with Gasteiger partial charge in [-0.3, -0.25) is 4.79 Å². The molecule has 8 heteroatoms. The molecule has 1 fully saturated rings. The molecule has 1 saturated heterocycles. The molecular formula is C14H17N3O4S. The minimum absolute atomic E-state index is 0.0539. The number of aryl methyl sites for hydroxylation is 1. The van der Waals surface area contributed by atoms with Crippen molar-refractivity contribution in [3.63, 3.8) is 0 Å². The van der Waals surface area contributed by atoms with Crippen molar-refractivity contribution in [1.82, 2.24) is 9.78 Å². The van der Waals surface area contributed by atoms with Crippen molar-refractivity contribution in [2.45, 2.75) is 25.8 Å². The highest BCUT2D eigenvalue weighted by atomic mass is 32.2. The summed E-state index contributed by atoms with van der Waals surface area (Å²) in [6, 6.07) is 4.79. The fraction of sp³-hybridized carbons (Fsp3) is 0.429. The minimum Gasteiger partial charge on any atom is -0.456 e. The first-order chi connectivity index (χ1) is 10.5. The first-order valence-corrected chi connectivity index (χ1v) is 8.94. The second-order valence-electron chi connectivity index (χ2n) is 5.29. The summed E-state index contributed by atoms with van der Waals surface area (Å²) in [4.78, 5) is 12.2. The van der Waals surface area contributed by atoms with Gasteiger partial charge < -0.3 is 9.73 Å². The molecule has 1 amide bonds. The highest BCUT2D eigenvalue weighted by Crippen LogP contribution is 2.26. The van der Waals surface area contributed by atoms with Crippen LogP contribution in [0.3, 0.4) is 0 Å². The van der Waals surface area contributed by atoms with E-state index in [9.17, 15) is 13.2 Å². The van der Waals surface area contributed by atoms with Crippen LogP contribution in [0.4, 0.5) is 5.82 Å². The Balaban J connectivity index is 1.76. The van der Waals surface area contributed by atoms with Crippen molar-refractivity contribution in [3.8, 4) is 0 Å². The average Bonchev–Trinajstić information content (AvgIpc) is 3.17. The van der Waals surface area contributed by atoms with Crippen LogP contribution in [-0.4, -0.2) is 35.6 Å². The molecule has 2 aromatic rings. The highest BCUT2D eigenvalue weighted by Gasteiger charge is 2.31. The summed E-state index contributed by atoms with van der Waals surface area (Å²) in [6.07, 6.45) is 2.76. The zero-order valence-corrected chi connectivity index (χ0v) is 13.0. The second-order valence-corrected chi connectivity index (χ2v) is 7.52. The first kappa shape index (κ1) is 14.8. The molecule has 1 aliphatic rings. The molecule has 0 radical (unpaired) electrons. The van der Waals surface area contributed by atoms with E-state index in [2.05, 4.69) is 10.4 Å². The number of aromatic nitrogens is 2. The fourth-order valence-electron chi connectivity index (χ4n) is 2.54. The molecule has 0 spiro atoms. The maximum absolute atomic E-state index is 12.2. The van der Waals surface area contributed by atoms with Gasteiger partial charge in [-0.25, -0.2) is 13.1 Å². The van der Waals surface area contributed by atoms with Gasteiger partial charge in [0.25, 0.3) is 5.91 Å². The monoisotopic (exact) mass is 323 g/mol. The zero-order valence-electron chi connectivity index (χ0n) is 12.2. The number of anilines is 1. The molecule has 1 atom stereocenters. The largest absolute Gasteiger partial charge is 0.456 e. The van der Waals surface area contributed by atoms with E-state index in [0.717, 1.165) is 5.76 Å². The summed E-state index contributed by atoms with van der Waals surface area (Å²) in [7, 11) is -3.01. The summed E-state index contributed by atoms with van der Waals surface area (Å²) in [5, 5.41) is 6.86. The molecule has 0 aromatic carbocycles. The number of hydrogen-bond donors (Lipinski definition) is 1. The van der Waals surface area contributed by atoms with Crippen LogP contribution in [0, 0.1) is 0 Å². The lowest BCUT2D eigenvalue weighted by Crippen LogP contribution is -2.19. The smallest absolute Gasteiger partial charge is 0.292 e. The predicted molar refractivity (Wildman–Crippen MR) is 80.6 cm³/mol. The normalized spacial score (nSPS) is 20.1. The molecule has 118 valence electrons. The lowest BCUT2D eigenvalue weighted by molar-refractivity contribution is 0.0994. The summed E-state index contributed by atoms with van der Waals surface area (Å²) in [6.45, 7) is 1.94. The van der Waals surface area contributed by atoms with Gasteiger partial charge in [-0.05, 0) is 18.6 Å². The minimum atomic E-state index is -3.01. The van der Waals surface area contributed by atoms with E-state index in [4.69, 9.17) is 4.42 Å². The van der Waals surface area contributed by atoms with Crippen LogP contribution < -0.4 is 5.32 Å². The summed E-state index contributed by atoms with van der Waals surface area (Å²) >= 11 is 0. The lowest BCUT2D eigenvalue weighted by Gasteiger charge is -2.13. The molecule has 0 saturated carbocycles. The Morgan fingerprint density at radius 1 is 1.45 bits per heavy atom. The fourth-order valence-corrected chi connectivity index (χ4v) is 4.23. The third-order valence-electron chi connectivity index (χ3n) is 3.70. The van der Waals surface area contributed by atoms with Crippen LogP contribution in [0.1, 0.15) is 35.7 Å². The Bertz CT molecular complexity index is 791. The number of rotatable bonds is 4. The molecule has 1 aliphatic heterocycles. The van der Waals surface area contributed by atoms with Crippen molar-refractivity contribution >= 4 is 21.6 Å². The molecule has 3 rings (SSSR count). The van der Waals surface area contributed by atoms with Crippen LogP contribution in [-0.2, 0) is 16.3 Å². The third-order valence-corrected chi connectivity index (χ3v) is 5.45. The van der Waals surface area contributed by atoms with Crippen LogP contribution in [0.2, 0.25) is 0 Å². The third kappa shape index (κ3) is 2.92. The standard InChI is InChI=1S/C14H17N3O4S/c1-2-11-3-4-12(21-11)14(18)16-13-5-7-15-17(13)10-6-8-22(19,20)9-10/h3-5,7,10H,2,6,8-9H2,1H3,(H,16,18). The predicted octanol–water partition coefficient (Wildman–Crippen LogP) is 1.65. The number of sulfone groups is 1. The summed E-state index contributed by atoms with van der Waals surface area (Å²) in [5.74, 6) is 1.27. The van der Waals surface area contributed by atoms with Gasteiger partial charge in [0.15, 0.2) is 15.6 Å². The second kappa shape index (κ2) is 5.60. The van der Waals surface area contributed by atoms with Crippen LogP contribution in [0.15, 0.2) is 28.8 Å². The van der Waals surface area contributed by atoms with E-state index in [1.807, 2.05) is 6.92 Å². The van der Waals surface area contributed by atoms with Gasteiger partial charge in [0.05, 0.1) is 23.7 Å². The van der Waals surface area contributed by atoms with Crippen molar-refractivity contribution in [2.75, 3.05) is 16.8 Å². The molecule has 0 aliphatic carbocycles. The van der Waals surface area contributed by atoms with Gasteiger partial charge in [0.1, 0.15) is 11.6 Å². The topological polar surface area (TPSA) is 94.2 Å². The van der Waals surface area contributed by atoms with E-state index in [-0.39, 0.29) is 29.2 Å². The van der Waals surface area contributed by atoms with E-state index in [1.54, 1.807) is 29.1 Å². The molecule has 0 bridgehead atoms. The SMILES string of the molecule is CCc1ccc(C(=O)Nc2ccnn2C2CCS(=O)(=O)C2)o1. The van der Waals surface area contributed by atoms with Gasteiger partial charge in [-0.2, -0.15) is 5.10 Å². The Morgan fingerprint density at radius 2 is 2.27 bits per heavy atom. The molecule has 2 aromatic heterocycles. The lowest BCUT2D eigenvalue weighted by atomic mass is 10.3. The number of carbonyl (C=O) groups is 1. The van der Waals surface area contributed by atoms with Crippen LogP contribution >= 0.6 is 0 Å². The van der Waals surface area contributed by atoms with Gasteiger partial charge in [0, 0.05) is 12.5 Å². The molecule has 3 heterocycles. The quantitative estimate of drug-likeness (QED) is 0.923. The Kier molecular flexibility index (Phi) is 3.78.